The van der Waals surface area contributed by atoms with Crippen LogP contribution in [-0.2, 0) is 4.79 Å². The van der Waals surface area contributed by atoms with Gasteiger partial charge in [-0.05, 0) is 6.92 Å². The second kappa shape index (κ2) is 4.45. The Morgan fingerprint density at radius 2 is 2.14 bits per heavy atom. The summed E-state index contributed by atoms with van der Waals surface area (Å²) in [7, 11) is 0. The first-order valence-corrected chi connectivity index (χ1v) is 5.27. The second-order valence-electron chi connectivity index (χ2n) is 3.32. The van der Waals surface area contributed by atoms with Crippen molar-refractivity contribution in [2.24, 2.45) is 5.73 Å². The lowest BCUT2D eigenvalue weighted by Gasteiger charge is -2.01. The first kappa shape index (κ1) is 11.0. The van der Waals surface area contributed by atoms with Crippen LogP contribution in [0.3, 0.4) is 0 Å². The molecule has 0 aliphatic rings. The Bertz CT molecular complexity index is 323. The van der Waals surface area contributed by atoms with Crippen molar-refractivity contribution in [1.29, 1.82) is 0 Å². The second-order valence-corrected chi connectivity index (χ2v) is 4.63. The zero-order valence-electron chi connectivity index (χ0n) is 8.44. The molecule has 14 heavy (non-hydrogen) atoms. The van der Waals surface area contributed by atoms with Gasteiger partial charge in [0.2, 0.25) is 11.1 Å². The van der Waals surface area contributed by atoms with Gasteiger partial charge >= 0.3 is 0 Å². The van der Waals surface area contributed by atoms with Gasteiger partial charge in [-0.25, -0.2) is 4.98 Å². The topological polar surface area (TPSA) is 84.7 Å². The minimum Gasteiger partial charge on any atom is -0.369 e. The molecule has 0 radical (unpaired) electrons. The molecule has 0 saturated heterocycles. The number of rotatable bonds is 4. The third kappa shape index (κ3) is 2.73. The molecular weight excluding hydrogens is 200 g/mol. The number of thioether (sulfide) groups is 1. The van der Waals surface area contributed by atoms with Gasteiger partial charge in [0.05, 0.1) is 5.25 Å². The van der Waals surface area contributed by atoms with Gasteiger partial charge in [0, 0.05) is 5.92 Å². The van der Waals surface area contributed by atoms with Gasteiger partial charge in [-0.3, -0.25) is 9.89 Å². The molecule has 1 aromatic rings. The highest BCUT2D eigenvalue weighted by Gasteiger charge is 2.14. The van der Waals surface area contributed by atoms with Crippen LogP contribution < -0.4 is 5.73 Å². The van der Waals surface area contributed by atoms with E-state index >= 15 is 0 Å². The number of amides is 1. The smallest absolute Gasteiger partial charge is 0.230 e. The minimum absolute atomic E-state index is 0.300. The minimum atomic E-state index is -0.356. The van der Waals surface area contributed by atoms with Gasteiger partial charge in [-0.2, -0.15) is 0 Å². The summed E-state index contributed by atoms with van der Waals surface area (Å²) in [5, 5.41) is 7.06. The predicted molar refractivity (Wildman–Crippen MR) is 55.0 cm³/mol. The van der Waals surface area contributed by atoms with E-state index in [-0.39, 0.29) is 11.2 Å². The largest absolute Gasteiger partial charge is 0.369 e. The maximum absolute atomic E-state index is 10.8. The maximum Gasteiger partial charge on any atom is 0.230 e. The van der Waals surface area contributed by atoms with Crippen molar-refractivity contribution in [3.63, 3.8) is 0 Å². The summed E-state index contributed by atoms with van der Waals surface area (Å²) in [5.74, 6) is 0.774. The quantitative estimate of drug-likeness (QED) is 0.729. The highest BCUT2D eigenvalue weighted by atomic mass is 32.2. The van der Waals surface area contributed by atoms with Gasteiger partial charge in [-0.15, -0.1) is 5.10 Å². The molecule has 1 amide bonds. The molecule has 0 fully saturated rings. The van der Waals surface area contributed by atoms with Crippen molar-refractivity contribution in [1.82, 2.24) is 15.2 Å². The molecule has 0 aliphatic heterocycles. The molecule has 0 saturated carbocycles. The van der Waals surface area contributed by atoms with Crippen LogP contribution in [0.1, 0.15) is 32.5 Å². The number of aromatic amines is 1. The molecule has 5 nitrogen and oxygen atoms in total. The molecule has 0 aliphatic carbocycles. The van der Waals surface area contributed by atoms with E-state index in [0.717, 1.165) is 5.82 Å². The highest BCUT2D eigenvalue weighted by molar-refractivity contribution is 8.00. The Morgan fingerprint density at radius 1 is 1.50 bits per heavy atom. The fourth-order valence-electron chi connectivity index (χ4n) is 0.785. The molecule has 3 N–H and O–H groups in total. The normalized spacial score (nSPS) is 13.1. The molecule has 1 aromatic heterocycles. The van der Waals surface area contributed by atoms with Gasteiger partial charge in [0.1, 0.15) is 5.82 Å². The van der Waals surface area contributed by atoms with E-state index in [1.165, 1.54) is 11.8 Å². The average Bonchev–Trinajstić information content (AvgIpc) is 2.52. The van der Waals surface area contributed by atoms with Gasteiger partial charge in [0.15, 0.2) is 0 Å². The molecule has 0 spiro atoms. The van der Waals surface area contributed by atoms with Crippen molar-refractivity contribution in [2.75, 3.05) is 0 Å². The summed E-state index contributed by atoms with van der Waals surface area (Å²) in [6.07, 6.45) is 0. The average molecular weight is 214 g/mol. The highest BCUT2D eigenvalue weighted by Crippen LogP contribution is 2.20. The van der Waals surface area contributed by atoms with Crippen molar-refractivity contribution in [3.05, 3.63) is 5.82 Å². The van der Waals surface area contributed by atoms with Crippen molar-refractivity contribution in [3.8, 4) is 0 Å². The number of aromatic nitrogens is 3. The van der Waals surface area contributed by atoms with Crippen LogP contribution in [0.4, 0.5) is 0 Å². The number of primary amides is 1. The lowest BCUT2D eigenvalue weighted by molar-refractivity contribution is -0.117. The number of hydrogen-bond acceptors (Lipinski definition) is 4. The lowest BCUT2D eigenvalue weighted by Crippen LogP contribution is -2.22. The van der Waals surface area contributed by atoms with Crippen LogP contribution in [0.15, 0.2) is 5.16 Å². The number of hydrogen-bond donors (Lipinski definition) is 2. The standard InChI is InChI=1S/C8H14N4OS/c1-4(2)7-10-8(12-11-7)14-5(3)6(9)13/h4-5H,1-3H3,(H2,9,13)(H,10,11,12). The number of nitrogens with zero attached hydrogens (tertiary/aromatic N) is 2. The molecule has 1 atom stereocenters. The van der Waals surface area contributed by atoms with Crippen LogP contribution in [0.2, 0.25) is 0 Å². The summed E-state index contributed by atoms with van der Waals surface area (Å²) in [5.41, 5.74) is 5.12. The third-order valence-electron chi connectivity index (χ3n) is 1.71. The Morgan fingerprint density at radius 3 is 2.57 bits per heavy atom. The Kier molecular flexibility index (Phi) is 3.51. The summed E-state index contributed by atoms with van der Waals surface area (Å²) in [6.45, 7) is 5.78. The number of carbonyl (C=O) groups is 1. The van der Waals surface area contributed by atoms with E-state index in [9.17, 15) is 4.79 Å². The van der Waals surface area contributed by atoms with Gasteiger partial charge < -0.3 is 5.73 Å². The van der Waals surface area contributed by atoms with Crippen LogP contribution in [0.5, 0.6) is 0 Å². The SMILES string of the molecule is CC(Sc1n[nH]c(C(C)C)n1)C(N)=O. The van der Waals surface area contributed by atoms with E-state index < -0.39 is 0 Å². The predicted octanol–water partition coefficient (Wildman–Crippen LogP) is 0.894. The summed E-state index contributed by atoms with van der Waals surface area (Å²) >= 11 is 1.26. The number of H-pyrrole nitrogens is 1. The monoisotopic (exact) mass is 214 g/mol. The summed E-state index contributed by atoms with van der Waals surface area (Å²) in [6, 6.07) is 0. The third-order valence-corrected chi connectivity index (χ3v) is 2.69. The first-order valence-electron chi connectivity index (χ1n) is 4.39. The molecule has 0 bridgehead atoms. The van der Waals surface area contributed by atoms with E-state index in [2.05, 4.69) is 15.2 Å². The molecule has 1 unspecified atom stereocenters. The molecule has 6 heteroatoms. The molecular formula is C8H14N4OS. The van der Waals surface area contributed by atoms with Crippen molar-refractivity contribution >= 4 is 17.7 Å². The molecule has 78 valence electrons. The van der Waals surface area contributed by atoms with E-state index in [1.54, 1.807) is 6.92 Å². The summed E-state index contributed by atoms with van der Waals surface area (Å²) in [4.78, 5) is 15.0. The Labute approximate surface area is 86.9 Å². The Balaban J connectivity index is 2.64. The van der Waals surface area contributed by atoms with E-state index in [4.69, 9.17) is 5.73 Å². The molecule has 1 rings (SSSR count). The van der Waals surface area contributed by atoms with Crippen LogP contribution in [0.25, 0.3) is 0 Å². The maximum atomic E-state index is 10.8. The number of nitrogens with one attached hydrogen (secondary N) is 1. The van der Waals surface area contributed by atoms with Crippen LogP contribution in [0, 0.1) is 0 Å². The number of nitrogens with two attached hydrogens (primary N) is 1. The fraction of sp³-hybridized carbons (Fsp3) is 0.625. The van der Waals surface area contributed by atoms with Gasteiger partial charge in [-0.1, -0.05) is 25.6 Å². The summed E-state index contributed by atoms with van der Waals surface area (Å²) < 4.78 is 0. The van der Waals surface area contributed by atoms with E-state index in [1.807, 2.05) is 13.8 Å². The Hall–Kier alpha value is -1.04. The van der Waals surface area contributed by atoms with Crippen molar-refractivity contribution in [2.45, 2.75) is 37.1 Å². The van der Waals surface area contributed by atoms with Crippen molar-refractivity contribution < 1.29 is 4.79 Å². The first-order chi connectivity index (χ1) is 6.50. The lowest BCUT2D eigenvalue weighted by atomic mass is 10.2. The fourth-order valence-corrected chi connectivity index (χ4v) is 1.47. The molecule has 1 heterocycles. The zero-order valence-corrected chi connectivity index (χ0v) is 9.26. The molecule has 0 aromatic carbocycles. The van der Waals surface area contributed by atoms with Crippen LogP contribution in [-0.4, -0.2) is 26.3 Å². The van der Waals surface area contributed by atoms with E-state index in [0.29, 0.717) is 11.1 Å². The van der Waals surface area contributed by atoms with Gasteiger partial charge in [0.25, 0.3) is 0 Å². The zero-order chi connectivity index (χ0) is 10.7. The van der Waals surface area contributed by atoms with Crippen LogP contribution >= 0.6 is 11.8 Å². The number of carbonyl (C=O) groups excluding carboxylic acids is 1.